The molecule has 2 aromatic rings. The van der Waals surface area contributed by atoms with Gasteiger partial charge in [-0.15, -0.1) is 0 Å². The van der Waals surface area contributed by atoms with Crippen LogP contribution < -0.4 is 9.64 Å². The van der Waals surface area contributed by atoms with Crippen LogP contribution in [0.4, 0.5) is 5.69 Å². The molecule has 5 nitrogen and oxygen atoms in total. The second-order valence-corrected chi connectivity index (χ2v) is 6.76. The van der Waals surface area contributed by atoms with Crippen LogP contribution in [-0.4, -0.2) is 28.4 Å². The van der Waals surface area contributed by atoms with Crippen LogP contribution in [0.25, 0.3) is 6.08 Å². The third-order valence-corrected chi connectivity index (χ3v) is 4.90. The molecule has 1 aliphatic heterocycles. The molecule has 0 aromatic heterocycles. The van der Waals surface area contributed by atoms with Crippen LogP contribution in [0, 0.1) is 0 Å². The molecule has 1 heterocycles. The van der Waals surface area contributed by atoms with Crippen LogP contribution in [0.2, 0.25) is 0 Å². The van der Waals surface area contributed by atoms with Gasteiger partial charge in [-0.05, 0) is 29.8 Å². The molecule has 1 aliphatic rings. The summed E-state index contributed by atoms with van der Waals surface area (Å²) in [5.41, 5.74) is 1.14. The number of amides is 1. The number of methoxy groups -OCH3 is 1. The van der Waals surface area contributed by atoms with E-state index in [9.17, 15) is 14.7 Å². The molecular formula is C18H13NO4S2. The minimum Gasteiger partial charge on any atom is -0.495 e. The maximum absolute atomic E-state index is 12.8. The fraction of sp³-hybridized carbons (Fsp3) is 0.0556. The maximum Gasteiger partial charge on any atom is 0.336 e. The second-order valence-electron chi connectivity index (χ2n) is 5.08. The van der Waals surface area contributed by atoms with Crippen LogP contribution in [-0.2, 0) is 4.79 Å². The Bertz CT molecular complexity index is 907. The minimum atomic E-state index is -1.05. The van der Waals surface area contributed by atoms with Gasteiger partial charge in [0, 0.05) is 0 Å². The molecule has 25 heavy (non-hydrogen) atoms. The average Bonchev–Trinajstić information content (AvgIpc) is 2.88. The summed E-state index contributed by atoms with van der Waals surface area (Å²) in [6, 6.07) is 13.6. The number of hydrogen-bond acceptors (Lipinski definition) is 5. The monoisotopic (exact) mass is 371 g/mol. The number of benzene rings is 2. The maximum atomic E-state index is 12.8. The minimum absolute atomic E-state index is 0.130. The molecule has 126 valence electrons. The summed E-state index contributed by atoms with van der Waals surface area (Å²) in [6.07, 6.45) is 1.55. The fourth-order valence-electron chi connectivity index (χ4n) is 2.45. The van der Waals surface area contributed by atoms with Crippen molar-refractivity contribution in [1.29, 1.82) is 0 Å². The molecule has 0 saturated carbocycles. The molecule has 0 bridgehead atoms. The Labute approximate surface area is 153 Å². The van der Waals surface area contributed by atoms with Gasteiger partial charge in [0.2, 0.25) is 0 Å². The molecule has 0 atom stereocenters. The van der Waals surface area contributed by atoms with Crippen LogP contribution in [0.1, 0.15) is 15.9 Å². The number of nitrogens with zero attached hydrogens (tertiary/aromatic N) is 1. The quantitative estimate of drug-likeness (QED) is 0.651. The van der Waals surface area contributed by atoms with Gasteiger partial charge < -0.3 is 9.84 Å². The zero-order valence-corrected chi connectivity index (χ0v) is 14.8. The van der Waals surface area contributed by atoms with Crippen molar-refractivity contribution in [2.24, 2.45) is 0 Å². The molecular weight excluding hydrogens is 358 g/mol. The van der Waals surface area contributed by atoms with Crippen molar-refractivity contribution in [3.8, 4) is 5.75 Å². The van der Waals surface area contributed by atoms with Crippen molar-refractivity contribution < 1.29 is 19.4 Å². The van der Waals surface area contributed by atoms with E-state index < -0.39 is 5.97 Å². The molecule has 0 radical (unpaired) electrons. The van der Waals surface area contributed by atoms with E-state index in [2.05, 4.69) is 0 Å². The summed E-state index contributed by atoms with van der Waals surface area (Å²) in [7, 11) is 1.52. The van der Waals surface area contributed by atoms with Crippen molar-refractivity contribution in [2.45, 2.75) is 0 Å². The van der Waals surface area contributed by atoms with E-state index in [4.69, 9.17) is 17.0 Å². The number of carbonyl (C=O) groups is 2. The number of hydrogen-bond donors (Lipinski definition) is 1. The summed E-state index contributed by atoms with van der Waals surface area (Å²) >= 11 is 6.47. The van der Waals surface area contributed by atoms with E-state index in [0.717, 1.165) is 11.8 Å². The molecule has 7 heteroatoms. The summed E-state index contributed by atoms with van der Waals surface area (Å²) in [4.78, 5) is 25.9. The summed E-state index contributed by atoms with van der Waals surface area (Å²) in [6.45, 7) is 0. The van der Waals surface area contributed by atoms with Crippen LogP contribution in [0.5, 0.6) is 5.75 Å². The highest BCUT2D eigenvalue weighted by molar-refractivity contribution is 8.27. The fourth-order valence-corrected chi connectivity index (χ4v) is 3.72. The van der Waals surface area contributed by atoms with Crippen molar-refractivity contribution in [2.75, 3.05) is 12.0 Å². The molecule has 0 aliphatic carbocycles. The highest BCUT2D eigenvalue weighted by Gasteiger charge is 2.35. The van der Waals surface area contributed by atoms with Crippen molar-refractivity contribution >= 4 is 51.9 Å². The molecule has 2 aromatic carbocycles. The van der Waals surface area contributed by atoms with E-state index in [1.54, 1.807) is 48.5 Å². The van der Waals surface area contributed by atoms with Crippen molar-refractivity contribution in [1.82, 2.24) is 0 Å². The van der Waals surface area contributed by atoms with Gasteiger partial charge in [0.25, 0.3) is 5.91 Å². The normalized spacial score (nSPS) is 15.7. The van der Waals surface area contributed by atoms with E-state index in [-0.39, 0.29) is 11.5 Å². The number of carboxylic acid groups (broad SMARTS) is 1. The summed E-state index contributed by atoms with van der Waals surface area (Å²) in [5.74, 6) is -0.822. The third-order valence-electron chi connectivity index (χ3n) is 3.60. The van der Waals surface area contributed by atoms with Gasteiger partial charge in [-0.25, -0.2) is 4.79 Å². The Morgan fingerprint density at radius 2 is 1.88 bits per heavy atom. The molecule has 1 fully saturated rings. The number of thiocarbonyl (C=S) groups is 1. The largest absolute Gasteiger partial charge is 0.495 e. The Morgan fingerprint density at radius 3 is 2.60 bits per heavy atom. The molecule has 1 saturated heterocycles. The van der Waals surface area contributed by atoms with Gasteiger partial charge in [0.15, 0.2) is 4.32 Å². The number of aromatic carboxylic acids is 1. The summed E-state index contributed by atoms with van der Waals surface area (Å²) < 4.78 is 5.67. The lowest BCUT2D eigenvalue weighted by Crippen LogP contribution is -2.27. The Kier molecular flexibility index (Phi) is 4.87. The third kappa shape index (κ3) is 3.29. The highest BCUT2D eigenvalue weighted by atomic mass is 32.2. The molecule has 0 spiro atoms. The van der Waals surface area contributed by atoms with Gasteiger partial charge in [-0.1, -0.05) is 54.3 Å². The predicted octanol–water partition coefficient (Wildman–Crippen LogP) is 3.80. The van der Waals surface area contributed by atoms with Gasteiger partial charge >= 0.3 is 5.97 Å². The zero-order chi connectivity index (χ0) is 18.0. The van der Waals surface area contributed by atoms with E-state index in [1.807, 2.05) is 0 Å². The molecule has 1 N–H and O–H groups in total. The predicted molar refractivity (Wildman–Crippen MR) is 102 cm³/mol. The molecule has 1 amide bonds. The lowest BCUT2D eigenvalue weighted by atomic mass is 10.1. The highest BCUT2D eigenvalue weighted by Crippen LogP contribution is 2.39. The van der Waals surface area contributed by atoms with Gasteiger partial charge in [-0.2, -0.15) is 0 Å². The first kappa shape index (κ1) is 17.2. The number of rotatable bonds is 4. The topological polar surface area (TPSA) is 66.8 Å². The van der Waals surface area contributed by atoms with Crippen LogP contribution >= 0.6 is 24.0 Å². The lowest BCUT2D eigenvalue weighted by Gasteiger charge is -2.17. The Morgan fingerprint density at radius 1 is 1.20 bits per heavy atom. The number of anilines is 1. The van der Waals surface area contributed by atoms with Crippen molar-refractivity contribution in [3.63, 3.8) is 0 Å². The number of ether oxygens (including phenoxy) is 1. The van der Waals surface area contributed by atoms with Gasteiger partial charge in [0.05, 0.1) is 23.3 Å². The first-order valence-corrected chi connectivity index (χ1v) is 8.48. The van der Waals surface area contributed by atoms with E-state index in [0.29, 0.717) is 26.2 Å². The standard InChI is InChI=1S/C18H13NO4S2/c1-23-14-9-5-4-8-13(14)19-16(20)15(25-18(19)24)10-11-6-2-3-7-12(11)17(21)22/h2-10H,1H3,(H,21,22). The number of carbonyl (C=O) groups excluding carboxylic acids is 1. The van der Waals surface area contributed by atoms with Crippen molar-refractivity contribution in [3.05, 3.63) is 64.6 Å². The molecule has 0 unspecified atom stereocenters. The summed E-state index contributed by atoms with van der Waals surface area (Å²) in [5, 5.41) is 9.28. The Balaban J connectivity index is 2.01. The number of carboxylic acids is 1. The lowest BCUT2D eigenvalue weighted by molar-refractivity contribution is -0.113. The second kappa shape index (κ2) is 7.08. The smallest absolute Gasteiger partial charge is 0.336 e. The number of thioether (sulfide) groups is 1. The SMILES string of the molecule is COc1ccccc1N1C(=O)C(=Cc2ccccc2C(=O)O)SC1=S. The first-order chi connectivity index (χ1) is 12.0. The van der Waals surface area contributed by atoms with Crippen LogP contribution in [0.15, 0.2) is 53.4 Å². The van der Waals surface area contributed by atoms with Crippen LogP contribution in [0.3, 0.4) is 0 Å². The number of para-hydroxylation sites is 2. The Hall–Kier alpha value is -2.64. The first-order valence-electron chi connectivity index (χ1n) is 7.26. The van der Waals surface area contributed by atoms with E-state index in [1.165, 1.54) is 18.1 Å². The molecule has 3 rings (SSSR count). The average molecular weight is 371 g/mol. The van der Waals surface area contributed by atoms with Gasteiger partial charge in [0.1, 0.15) is 5.75 Å². The zero-order valence-electron chi connectivity index (χ0n) is 13.1. The van der Waals surface area contributed by atoms with E-state index >= 15 is 0 Å². The van der Waals surface area contributed by atoms with Gasteiger partial charge in [-0.3, -0.25) is 9.69 Å².